The number of carbonyl (C=O) groups excluding carboxylic acids is 1. The van der Waals surface area contributed by atoms with Gasteiger partial charge in [-0.1, -0.05) is 6.07 Å². The van der Waals surface area contributed by atoms with Crippen molar-refractivity contribution in [3.63, 3.8) is 0 Å². The Labute approximate surface area is 141 Å². The number of thioether (sulfide) groups is 1. The molecule has 0 saturated heterocycles. The van der Waals surface area contributed by atoms with Gasteiger partial charge in [0.15, 0.2) is 0 Å². The molecular weight excluding hydrogens is 336 g/mol. The van der Waals surface area contributed by atoms with Crippen LogP contribution in [0.3, 0.4) is 0 Å². The van der Waals surface area contributed by atoms with Gasteiger partial charge in [0.05, 0.1) is 21.4 Å². The molecule has 1 unspecified atom stereocenters. The summed E-state index contributed by atoms with van der Waals surface area (Å²) in [4.78, 5) is 14.1. The van der Waals surface area contributed by atoms with Crippen LogP contribution in [0.5, 0.6) is 0 Å². The Balaban J connectivity index is 1.81. The van der Waals surface area contributed by atoms with Crippen molar-refractivity contribution in [2.75, 3.05) is 6.26 Å². The van der Waals surface area contributed by atoms with Gasteiger partial charge in [0.25, 0.3) is 5.91 Å². The number of carbonyl (C=O) groups is 1. The van der Waals surface area contributed by atoms with Crippen LogP contribution in [0.2, 0.25) is 0 Å². The SMILES string of the molecule is CSc1sc(C(=O)N/N=C\c2cccs2)c2c1C(O)CCC2. The van der Waals surface area contributed by atoms with E-state index in [9.17, 15) is 9.90 Å². The van der Waals surface area contributed by atoms with Crippen LogP contribution in [0.15, 0.2) is 26.8 Å². The summed E-state index contributed by atoms with van der Waals surface area (Å²) in [6.07, 6.45) is 5.71. The van der Waals surface area contributed by atoms with Gasteiger partial charge in [-0.3, -0.25) is 4.79 Å². The van der Waals surface area contributed by atoms with Crippen molar-refractivity contribution in [1.82, 2.24) is 5.43 Å². The summed E-state index contributed by atoms with van der Waals surface area (Å²) >= 11 is 4.61. The average Bonchev–Trinajstić information content (AvgIpc) is 3.15. The van der Waals surface area contributed by atoms with Crippen LogP contribution in [0.4, 0.5) is 0 Å². The first-order valence-corrected chi connectivity index (χ1v) is 9.87. The molecule has 1 atom stereocenters. The highest BCUT2D eigenvalue weighted by Gasteiger charge is 2.29. The van der Waals surface area contributed by atoms with Crippen LogP contribution < -0.4 is 5.43 Å². The van der Waals surface area contributed by atoms with Gasteiger partial charge in [-0.25, -0.2) is 5.43 Å². The van der Waals surface area contributed by atoms with Crippen LogP contribution >= 0.6 is 34.4 Å². The summed E-state index contributed by atoms with van der Waals surface area (Å²) in [6.45, 7) is 0. The van der Waals surface area contributed by atoms with Crippen LogP contribution in [0.25, 0.3) is 0 Å². The first kappa shape index (κ1) is 15.7. The molecule has 0 bridgehead atoms. The number of hydrogen-bond acceptors (Lipinski definition) is 6. The van der Waals surface area contributed by atoms with Crippen LogP contribution in [0.1, 0.15) is 44.6 Å². The molecule has 2 aromatic rings. The molecule has 1 amide bonds. The van der Waals surface area contributed by atoms with E-state index in [4.69, 9.17) is 0 Å². The summed E-state index contributed by atoms with van der Waals surface area (Å²) in [7, 11) is 0. The average molecular weight is 353 g/mol. The maximum Gasteiger partial charge on any atom is 0.281 e. The zero-order valence-electron chi connectivity index (χ0n) is 12.0. The largest absolute Gasteiger partial charge is 0.388 e. The van der Waals surface area contributed by atoms with E-state index in [2.05, 4.69) is 10.5 Å². The Kier molecular flexibility index (Phi) is 4.97. The van der Waals surface area contributed by atoms with Gasteiger partial charge in [0, 0.05) is 10.4 Å². The summed E-state index contributed by atoms with van der Waals surface area (Å²) in [5, 5.41) is 16.2. The van der Waals surface area contributed by atoms with Crippen molar-refractivity contribution in [2.24, 2.45) is 5.10 Å². The summed E-state index contributed by atoms with van der Waals surface area (Å²) in [6, 6.07) is 3.88. The number of nitrogens with zero attached hydrogens (tertiary/aromatic N) is 1. The smallest absolute Gasteiger partial charge is 0.281 e. The molecule has 116 valence electrons. The fourth-order valence-corrected chi connectivity index (χ4v) is 5.24. The first-order chi connectivity index (χ1) is 10.7. The predicted octanol–water partition coefficient (Wildman–Crippen LogP) is 3.67. The highest BCUT2D eigenvalue weighted by Crippen LogP contribution is 2.43. The lowest BCUT2D eigenvalue weighted by atomic mass is 9.91. The Hall–Kier alpha value is -1.15. The van der Waals surface area contributed by atoms with Crippen LogP contribution in [-0.2, 0) is 6.42 Å². The number of hydrazone groups is 1. The summed E-state index contributed by atoms with van der Waals surface area (Å²) < 4.78 is 1.04. The van der Waals surface area contributed by atoms with Crippen LogP contribution in [-0.4, -0.2) is 23.5 Å². The van der Waals surface area contributed by atoms with Gasteiger partial charge in [-0.05, 0) is 42.5 Å². The van der Waals surface area contributed by atoms with E-state index in [1.807, 2.05) is 23.8 Å². The van der Waals surface area contributed by atoms with Gasteiger partial charge in [-0.2, -0.15) is 5.10 Å². The fourth-order valence-electron chi connectivity index (χ4n) is 2.56. The van der Waals surface area contributed by atoms with Gasteiger partial charge in [-0.15, -0.1) is 34.4 Å². The van der Waals surface area contributed by atoms with E-state index in [1.165, 1.54) is 11.3 Å². The predicted molar refractivity (Wildman–Crippen MR) is 93.4 cm³/mol. The third-order valence-electron chi connectivity index (χ3n) is 3.54. The number of fused-ring (bicyclic) bond motifs is 1. The lowest BCUT2D eigenvalue weighted by Gasteiger charge is -2.19. The molecule has 0 aliphatic heterocycles. The molecule has 4 nitrogen and oxygen atoms in total. The summed E-state index contributed by atoms with van der Waals surface area (Å²) in [5.74, 6) is -0.191. The number of thiophene rings is 2. The minimum absolute atomic E-state index is 0.191. The van der Waals surface area contributed by atoms with Gasteiger partial charge < -0.3 is 5.11 Å². The number of nitrogens with one attached hydrogen (secondary N) is 1. The molecular formula is C15H16N2O2S3. The van der Waals surface area contributed by atoms with E-state index in [0.29, 0.717) is 4.88 Å². The van der Waals surface area contributed by atoms with E-state index >= 15 is 0 Å². The topological polar surface area (TPSA) is 61.7 Å². The molecule has 1 aliphatic rings. The third-order valence-corrected chi connectivity index (χ3v) is 6.73. The zero-order chi connectivity index (χ0) is 15.5. The quantitative estimate of drug-likeness (QED) is 0.501. The highest BCUT2D eigenvalue weighted by atomic mass is 32.2. The minimum Gasteiger partial charge on any atom is -0.388 e. The molecule has 0 spiro atoms. The molecule has 7 heteroatoms. The molecule has 0 aromatic carbocycles. The molecule has 3 rings (SSSR count). The van der Waals surface area contributed by atoms with Gasteiger partial charge >= 0.3 is 0 Å². The molecule has 0 radical (unpaired) electrons. The monoisotopic (exact) mass is 352 g/mol. The second kappa shape index (κ2) is 6.95. The van der Waals surface area contributed by atoms with E-state index in [0.717, 1.165) is 39.5 Å². The number of hydrogen-bond donors (Lipinski definition) is 2. The second-order valence-corrected chi connectivity index (χ2v) is 8.01. The maximum absolute atomic E-state index is 12.4. The number of amides is 1. The molecule has 0 fully saturated rings. The Morgan fingerprint density at radius 1 is 1.59 bits per heavy atom. The van der Waals surface area contributed by atoms with E-state index in [1.54, 1.807) is 29.3 Å². The van der Waals surface area contributed by atoms with Crippen molar-refractivity contribution in [2.45, 2.75) is 29.6 Å². The lowest BCUT2D eigenvalue weighted by molar-refractivity contribution is 0.0957. The Morgan fingerprint density at radius 3 is 3.18 bits per heavy atom. The normalized spacial score (nSPS) is 17.6. The minimum atomic E-state index is -0.446. The van der Waals surface area contributed by atoms with Crippen LogP contribution in [0, 0.1) is 0 Å². The number of aliphatic hydroxyl groups excluding tert-OH is 1. The van der Waals surface area contributed by atoms with E-state index in [-0.39, 0.29) is 5.91 Å². The zero-order valence-corrected chi connectivity index (χ0v) is 14.5. The molecule has 22 heavy (non-hydrogen) atoms. The standard InChI is InChI=1S/C15H16N2O2S3/c1-20-15-12-10(5-2-6-11(12)18)13(22-15)14(19)17-16-8-9-4-3-7-21-9/h3-4,7-8,11,18H,2,5-6H2,1H3,(H,17,19)/b16-8-. The highest BCUT2D eigenvalue weighted by molar-refractivity contribution is 8.00. The maximum atomic E-state index is 12.4. The third kappa shape index (κ3) is 3.12. The Morgan fingerprint density at radius 2 is 2.45 bits per heavy atom. The molecule has 0 saturated carbocycles. The van der Waals surface area contributed by atoms with Crippen molar-refractivity contribution in [3.8, 4) is 0 Å². The van der Waals surface area contributed by atoms with E-state index < -0.39 is 6.10 Å². The first-order valence-electron chi connectivity index (χ1n) is 6.95. The second-order valence-electron chi connectivity index (χ2n) is 4.94. The molecule has 2 N–H and O–H groups in total. The van der Waals surface area contributed by atoms with Crippen molar-refractivity contribution >= 4 is 46.6 Å². The Bertz CT molecular complexity index is 692. The molecule has 1 aliphatic carbocycles. The number of rotatable bonds is 4. The lowest BCUT2D eigenvalue weighted by Crippen LogP contribution is -2.19. The summed E-state index contributed by atoms with van der Waals surface area (Å²) in [5.41, 5.74) is 4.55. The van der Waals surface area contributed by atoms with Gasteiger partial charge in [0.2, 0.25) is 0 Å². The molecule has 2 aromatic heterocycles. The van der Waals surface area contributed by atoms with Crippen molar-refractivity contribution in [3.05, 3.63) is 38.4 Å². The fraction of sp³-hybridized carbons (Fsp3) is 0.333. The van der Waals surface area contributed by atoms with Gasteiger partial charge in [0.1, 0.15) is 0 Å². The number of aliphatic hydroxyl groups is 1. The molecule has 2 heterocycles. The van der Waals surface area contributed by atoms with Crippen molar-refractivity contribution in [1.29, 1.82) is 0 Å². The van der Waals surface area contributed by atoms with Crippen molar-refractivity contribution < 1.29 is 9.90 Å².